The number of nitrogens with one attached hydrogen (secondary N) is 2. The van der Waals surface area contributed by atoms with Gasteiger partial charge in [0.1, 0.15) is 0 Å². The lowest BCUT2D eigenvalue weighted by atomic mass is 9.71. The van der Waals surface area contributed by atoms with Crippen molar-refractivity contribution in [3.05, 3.63) is 29.3 Å². The van der Waals surface area contributed by atoms with E-state index in [9.17, 15) is 9.59 Å². The minimum Gasteiger partial charge on any atom is -0.350 e. The summed E-state index contributed by atoms with van der Waals surface area (Å²) in [6, 6.07) is 5.50. The fourth-order valence-corrected chi connectivity index (χ4v) is 3.64. The number of carbonyl (C=O) groups excluding carboxylic acids is 2. The number of nitrogens with two attached hydrogens (primary N) is 1. The largest absolute Gasteiger partial charge is 0.350 e. The zero-order chi connectivity index (χ0) is 18.4. The maximum Gasteiger partial charge on any atom is 0.251 e. The molecule has 0 saturated heterocycles. The second-order valence-electron chi connectivity index (χ2n) is 7.65. The topological polar surface area (TPSA) is 84.2 Å². The lowest BCUT2D eigenvalue weighted by Gasteiger charge is -2.35. The van der Waals surface area contributed by atoms with Crippen LogP contribution >= 0.6 is 12.4 Å². The van der Waals surface area contributed by atoms with E-state index in [0.717, 1.165) is 36.9 Å². The van der Waals surface area contributed by atoms with Crippen LogP contribution in [0.1, 0.15) is 68.3 Å². The van der Waals surface area contributed by atoms with Gasteiger partial charge in [0.15, 0.2) is 0 Å². The van der Waals surface area contributed by atoms with E-state index in [1.807, 2.05) is 26.8 Å². The Morgan fingerprint density at radius 2 is 1.85 bits per heavy atom. The highest BCUT2D eigenvalue weighted by atomic mass is 35.5. The lowest BCUT2D eigenvalue weighted by molar-refractivity contribution is -0.118. The highest BCUT2D eigenvalue weighted by Gasteiger charge is 2.32. The predicted molar refractivity (Wildman–Crippen MR) is 109 cm³/mol. The van der Waals surface area contributed by atoms with Gasteiger partial charge in [0, 0.05) is 23.7 Å². The van der Waals surface area contributed by atoms with Gasteiger partial charge >= 0.3 is 0 Å². The number of benzene rings is 1. The zero-order valence-electron chi connectivity index (χ0n) is 16.1. The first-order valence-electron chi connectivity index (χ1n) is 9.27. The molecule has 0 spiro atoms. The standard InChI is InChI=1S/C20H31N3O2.ClH/c1-14(2)22-19(25)17-8-7-16(11-15(17)3)23-18(24)12-20(13-21)9-5-4-6-10-20;/h7-8,11,14H,4-6,9-10,12-13,21H2,1-3H3,(H,22,25)(H,23,24);1H. The fourth-order valence-electron chi connectivity index (χ4n) is 3.64. The van der Waals surface area contributed by atoms with Gasteiger partial charge in [-0.2, -0.15) is 0 Å². The van der Waals surface area contributed by atoms with Crippen LogP contribution in [0, 0.1) is 12.3 Å². The molecular formula is C20H32ClN3O2. The summed E-state index contributed by atoms with van der Waals surface area (Å²) in [7, 11) is 0. The number of rotatable bonds is 6. The van der Waals surface area contributed by atoms with Crippen LogP contribution < -0.4 is 16.4 Å². The monoisotopic (exact) mass is 381 g/mol. The second-order valence-corrected chi connectivity index (χ2v) is 7.65. The molecule has 5 nitrogen and oxygen atoms in total. The van der Waals surface area contributed by atoms with Gasteiger partial charge in [-0.05, 0) is 69.3 Å². The Bertz CT molecular complexity index is 625. The first-order chi connectivity index (χ1) is 11.8. The van der Waals surface area contributed by atoms with Gasteiger partial charge in [0.2, 0.25) is 5.91 Å². The molecule has 0 heterocycles. The number of aryl methyl sites for hydroxylation is 1. The summed E-state index contributed by atoms with van der Waals surface area (Å²) in [4.78, 5) is 24.6. The summed E-state index contributed by atoms with van der Waals surface area (Å²) in [5.41, 5.74) is 8.14. The molecule has 2 rings (SSSR count). The molecule has 1 aromatic carbocycles. The Labute approximate surface area is 162 Å². The van der Waals surface area contributed by atoms with Crippen molar-refractivity contribution >= 4 is 29.9 Å². The summed E-state index contributed by atoms with van der Waals surface area (Å²) < 4.78 is 0. The van der Waals surface area contributed by atoms with Crippen LogP contribution in [0.2, 0.25) is 0 Å². The number of hydrogen-bond acceptors (Lipinski definition) is 3. The van der Waals surface area contributed by atoms with E-state index in [0.29, 0.717) is 18.5 Å². The Hall–Kier alpha value is -1.59. The molecule has 26 heavy (non-hydrogen) atoms. The van der Waals surface area contributed by atoms with E-state index < -0.39 is 0 Å². The first kappa shape index (κ1) is 22.5. The van der Waals surface area contributed by atoms with Crippen molar-refractivity contribution < 1.29 is 9.59 Å². The number of halogens is 1. The van der Waals surface area contributed by atoms with Gasteiger partial charge < -0.3 is 16.4 Å². The molecule has 0 aliphatic heterocycles. The third kappa shape index (κ3) is 5.99. The van der Waals surface area contributed by atoms with Crippen molar-refractivity contribution in [2.24, 2.45) is 11.1 Å². The van der Waals surface area contributed by atoms with E-state index in [2.05, 4.69) is 10.6 Å². The van der Waals surface area contributed by atoms with Gasteiger partial charge in [0.05, 0.1) is 0 Å². The first-order valence-corrected chi connectivity index (χ1v) is 9.27. The zero-order valence-corrected chi connectivity index (χ0v) is 16.9. The van der Waals surface area contributed by atoms with Gasteiger partial charge in [0.25, 0.3) is 5.91 Å². The lowest BCUT2D eigenvalue weighted by Crippen LogP contribution is -2.36. The molecule has 1 aliphatic carbocycles. The van der Waals surface area contributed by atoms with Crippen molar-refractivity contribution in [3.8, 4) is 0 Å². The molecule has 1 aliphatic rings. The minimum absolute atomic E-state index is 0. The molecule has 1 aromatic rings. The smallest absolute Gasteiger partial charge is 0.251 e. The van der Waals surface area contributed by atoms with E-state index in [-0.39, 0.29) is 35.7 Å². The highest BCUT2D eigenvalue weighted by Crippen LogP contribution is 2.38. The number of anilines is 1. The van der Waals surface area contributed by atoms with Crippen molar-refractivity contribution in [2.75, 3.05) is 11.9 Å². The number of carbonyl (C=O) groups is 2. The third-order valence-electron chi connectivity index (χ3n) is 5.06. The van der Waals surface area contributed by atoms with Crippen LogP contribution in [-0.2, 0) is 4.79 Å². The minimum atomic E-state index is -0.0883. The van der Waals surface area contributed by atoms with Crippen LogP contribution in [0.4, 0.5) is 5.69 Å². The molecule has 0 radical (unpaired) electrons. The second kappa shape index (κ2) is 9.93. The maximum absolute atomic E-state index is 12.5. The third-order valence-corrected chi connectivity index (χ3v) is 5.06. The molecule has 6 heteroatoms. The molecule has 0 bridgehead atoms. The van der Waals surface area contributed by atoms with Crippen molar-refractivity contribution in [2.45, 2.75) is 65.3 Å². The molecule has 1 fully saturated rings. The van der Waals surface area contributed by atoms with Crippen LogP contribution in [-0.4, -0.2) is 24.4 Å². The molecule has 0 atom stereocenters. The normalized spacial score (nSPS) is 15.9. The molecule has 1 saturated carbocycles. The summed E-state index contributed by atoms with van der Waals surface area (Å²) in [6.07, 6.45) is 6.08. The van der Waals surface area contributed by atoms with Gasteiger partial charge in [-0.1, -0.05) is 19.3 Å². The molecule has 0 aromatic heterocycles. The van der Waals surface area contributed by atoms with Crippen molar-refractivity contribution in [3.63, 3.8) is 0 Å². The molecule has 0 unspecified atom stereocenters. The molecular weight excluding hydrogens is 350 g/mol. The SMILES string of the molecule is Cc1cc(NC(=O)CC2(CN)CCCCC2)ccc1C(=O)NC(C)C.Cl. The van der Waals surface area contributed by atoms with Crippen LogP contribution in [0.15, 0.2) is 18.2 Å². The van der Waals surface area contributed by atoms with Gasteiger partial charge in [-0.15, -0.1) is 12.4 Å². The average molecular weight is 382 g/mol. The maximum atomic E-state index is 12.5. The summed E-state index contributed by atoms with van der Waals surface area (Å²) in [6.45, 7) is 6.31. The quantitative estimate of drug-likeness (QED) is 0.700. The molecule has 2 amide bonds. The summed E-state index contributed by atoms with van der Waals surface area (Å²) >= 11 is 0. The van der Waals surface area contributed by atoms with Gasteiger partial charge in [-0.25, -0.2) is 0 Å². The van der Waals surface area contributed by atoms with Gasteiger partial charge in [-0.3, -0.25) is 9.59 Å². The van der Waals surface area contributed by atoms with E-state index in [4.69, 9.17) is 5.73 Å². The average Bonchev–Trinajstić information content (AvgIpc) is 2.54. The summed E-state index contributed by atoms with van der Waals surface area (Å²) in [5.74, 6) is -0.0826. The van der Waals surface area contributed by atoms with E-state index in [1.165, 1.54) is 6.42 Å². The molecule has 146 valence electrons. The van der Waals surface area contributed by atoms with Crippen LogP contribution in [0.5, 0.6) is 0 Å². The van der Waals surface area contributed by atoms with Crippen molar-refractivity contribution in [1.82, 2.24) is 5.32 Å². The highest BCUT2D eigenvalue weighted by molar-refractivity contribution is 5.97. The Kier molecular flexibility index (Phi) is 8.57. The van der Waals surface area contributed by atoms with Crippen molar-refractivity contribution in [1.29, 1.82) is 0 Å². The Morgan fingerprint density at radius 1 is 1.19 bits per heavy atom. The Balaban J connectivity index is 0.00000338. The van der Waals surface area contributed by atoms with Crippen LogP contribution in [0.25, 0.3) is 0 Å². The Morgan fingerprint density at radius 3 is 2.38 bits per heavy atom. The number of amides is 2. The number of hydrogen-bond donors (Lipinski definition) is 3. The predicted octanol–water partition coefficient (Wildman–Crippen LogP) is 3.79. The van der Waals surface area contributed by atoms with E-state index >= 15 is 0 Å². The molecule has 4 N–H and O–H groups in total. The van der Waals surface area contributed by atoms with E-state index in [1.54, 1.807) is 12.1 Å². The fraction of sp³-hybridized carbons (Fsp3) is 0.600. The van der Waals surface area contributed by atoms with Crippen LogP contribution in [0.3, 0.4) is 0 Å². The summed E-state index contributed by atoms with van der Waals surface area (Å²) in [5, 5.41) is 5.86.